The molecule has 1 atom stereocenters. The zero-order valence-corrected chi connectivity index (χ0v) is 14.9. The van der Waals surface area contributed by atoms with E-state index in [1.165, 1.54) is 0 Å². The molecule has 0 saturated carbocycles. The van der Waals surface area contributed by atoms with Crippen LogP contribution in [-0.4, -0.2) is 35.7 Å². The monoisotopic (exact) mass is 418 g/mol. The predicted octanol–water partition coefficient (Wildman–Crippen LogP) is 3.14. The number of hydrogen-bond acceptors (Lipinski definition) is 4. The summed E-state index contributed by atoms with van der Waals surface area (Å²) >= 11 is 6.90. The molecule has 1 aromatic carbocycles. The van der Waals surface area contributed by atoms with Crippen molar-refractivity contribution < 1.29 is 14.6 Å². The molecule has 21 heavy (non-hydrogen) atoms. The van der Waals surface area contributed by atoms with Crippen molar-refractivity contribution in [1.82, 2.24) is 9.78 Å². The molecule has 7 heteroatoms. The molecule has 0 saturated heterocycles. The van der Waals surface area contributed by atoms with E-state index in [9.17, 15) is 5.11 Å². The minimum Gasteiger partial charge on any atom is -0.497 e. The third-order valence-corrected chi connectivity index (χ3v) is 4.43. The van der Waals surface area contributed by atoms with Gasteiger partial charge in [0.1, 0.15) is 11.9 Å². The Morgan fingerprint density at radius 3 is 2.71 bits per heavy atom. The number of aliphatic hydroxyl groups is 1. The molecular formula is C14H16Br2N2O3. The van der Waals surface area contributed by atoms with Crippen molar-refractivity contribution in [3.63, 3.8) is 0 Å². The Morgan fingerprint density at radius 1 is 1.29 bits per heavy atom. The maximum absolute atomic E-state index is 10.7. The molecule has 0 bridgehead atoms. The van der Waals surface area contributed by atoms with Gasteiger partial charge >= 0.3 is 0 Å². The van der Waals surface area contributed by atoms with Crippen molar-refractivity contribution in [1.29, 1.82) is 0 Å². The number of rotatable bonds is 6. The van der Waals surface area contributed by atoms with Crippen LogP contribution >= 0.6 is 31.9 Å². The summed E-state index contributed by atoms with van der Waals surface area (Å²) in [7, 11) is 3.23. The number of nitrogens with zero attached hydrogens (tertiary/aromatic N) is 2. The maximum atomic E-state index is 10.7. The van der Waals surface area contributed by atoms with Gasteiger partial charge in [0.2, 0.25) is 0 Å². The molecule has 0 spiro atoms. The molecule has 0 amide bonds. The standard InChI is InChI=1S/C14H16Br2N2O3/c1-20-6-5-18-13(12(16)8-17-18)14(19)10-7-9(21-2)3-4-11(10)15/h3-4,7-8,14,19H,5-6H2,1-2H3. The first-order chi connectivity index (χ1) is 10.1. The lowest BCUT2D eigenvalue weighted by molar-refractivity contribution is 0.170. The first kappa shape index (κ1) is 16.5. The average molecular weight is 420 g/mol. The fraction of sp³-hybridized carbons (Fsp3) is 0.357. The largest absolute Gasteiger partial charge is 0.497 e. The number of aromatic nitrogens is 2. The van der Waals surface area contributed by atoms with Crippen molar-refractivity contribution in [2.75, 3.05) is 20.8 Å². The van der Waals surface area contributed by atoms with Gasteiger partial charge in [0, 0.05) is 17.1 Å². The summed E-state index contributed by atoms with van der Waals surface area (Å²) in [4.78, 5) is 0. The highest BCUT2D eigenvalue weighted by Crippen LogP contribution is 2.34. The number of benzene rings is 1. The van der Waals surface area contributed by atoms with E-state index in [4.69, 9.17) is 9.47 Å². The number of aliphatic hydroxyl groups excluding tert-OH is 1. The summed E-state index contributed by atoms with van der Waals surface area (Å²) in [6.45, 7) is 1.09. The predicted molar refractivity (Wildman–Crippen MR) is 86.6 cm³/mol. The van der Waals surface area contributed by atoms with E-state index in [1.54, 1.807) is 31.2 Å². The molecule has 1 aromatic heterocycles. The molecule has 2 aromatic rings. The highest BCUT2D eigenvalue weighted by Gasteiger charge is 2.22. The van der Waals surface area contributed by atoms with E-state index in [1.807, 2.05) is 12.1 Å². The van der Waals surface area contributed by atoms with Crippen LogP contribution < -0.4 is 4.74 Å². The van der Waals surface area contributed by atoms with Crippen LogP contribution in [0.4, 0.5) is 0 Å². The van der Waals surface area contributed by atoms with Gasteiger partial charge in [0.15, 0.2) is 0 Å². The number of methoxy groups -OCH3 is 2. The average Bonchev–Trinajstić information content (AvgIpc) is 2.86. The molecule has 0 radical (unpaired) electrons. The smallest absolute Gasteiger partial charge is 0.123 e. The summed E-state index contributed by atoms with van der Waals surface area (Å²) < 4.78 is 13.6. The van der Waals surface area contributed by atoms with Gasteiger partial charge in [0.05, 0.1) is 36.6 Å². The fourth-order valence-electron chi connectivity index (χ4n) is 2.01. The summed E-state index contributed by atoms with van der Waals surface area (Å²) in [5, 5.41) is 15.0. The highest BCUT2D eigenvalue weighted by atomic mass is 79.9. The van der Waals surface area contributed by atoms with Gasteiger partial charge in [0.25, 0.3) is 0 Å². The molecule has 0 aliphatic rings. The van der Waals surface area contributed by atoms with E-state index >= 15 is 0 Å². The molecular weight excluding hydrogens is 404 g/mol. The van der Waals surface area contributed by atoms with Crippen molar-refractivity contribution in [2.24, 2.45) is 0 Å². The Kier molecular flexibility index (Phi) is 5.80. The van der Waals surface area contributed by atoms with Gasteiger partial charge in [-0.05, 0) is 34.1 Å². The van der Waals surface area contributed by atoms with Crippen LogP contribution in [0.2, 0.25) is 0 Å². The molecule has 1 heterocycles. The second-order valence-electron chi connectivity index (χ2n) is 4.38. The first-order valence-electron chi connectivity index (χ1n) is 6.30. The highest BCUT2D eigenvalue weighted by molar-refractivity contribution is 9.10. The van der Waals surface area contributed by atoms with Crippen molar-refractivity contribution in [3.05, 3.63) is 44.6 Å². The quantitative estimate of drug-likeness (QED) is 0.781. The van der Waals surface area contributed by atoms with Crippen LogP contribution in [0.5, 0.6) is 5.75 Å². The van der Waals surface area contributed by atoms with Crippen molar-refractivity contribution in [3.8, 4) is 5.75 Å². The van der Waals surface area contributed by atoms with Gasteiger partial charge in [-0.3, -0.25) is 4.68 Å². The maximum Gasteiger partial charge on any atom is 0.123 e. The minimum absolute atomic E-state index is 0.521. The van der Waals surface area contributed by atoms with Gasteiger partial charge in [-0.25, -0.2) is 0 Å². The Bertz CT molecular complexity index is 616. The van der Waals surface area contributed by atoms with Crippen LogP contribution in [0.1, 0.15) is 17.4 Å². The van der Waals surface area contributed by atoms with Gasteiger partial charge in [-0.15, -0.1) is 0 Å². The second kappa shape index (κ2) is 7.40. The lowest BCUT2D eigenvalue weighted by atomic mass is 10.1. The zero-order valence-electron chi connectivity index (χ0n) is 11.7. The Hall–Kier alpha value is -0.890. The molecule has 5 nitrogen and oxygen atoms in total. The topological polar surface area (TPSA) is 56.5 Å². The van der Waals surface area contributed by atoms with Crippen LogP contribution in [0.25, 0.3) is 0 Å². The van der Waals surface area contributed by atoms with Crippen LogP contribution in [0.3, 0.4) is 0 Å². The summed E-state index contributed by atoms with van der Waals surface area (Å²) in [6, 6.07) is 5.48. The number of ether oxygens (including phenoxy) is 2. The summed E-state index contributed by atoms with van der Waals surface area (Å²) in [5.41, 5.74) is 1.40. The Balaban J connectivity index is 2.39. The van der Waals surface area contributed by atoms with Crippen molar-refractivity contribution in [2.45, 2.75) is 12.6 Å². The van der Waals surface area contributed by atoms with Gasteiger partial charge in [-0.2, -0.15) is 5.10 Å². The van der Waals surface area contributed by atoms with E-state index < -0.39 is 6.10 Å². The van der Waals surface area contributed by atoms with Crippen LogP contribution in [0.15, 0.2) is 33.3 Å². The summed E-state index contributed by atoms with van der Waals surface area (Å²) in [6.07, 6.45) is 0.839. The normalized spacial score (nSPS) is 12.4. The first-order valence-corrected chi connectivity index (χ1v) is 7.88. The molecule has 2 rings (SSSR count). The molecule has 0 aliphatic heterocycles. The number of hydrogen-bond donors (Lipinski definition) is 1. The molecule has 1 unspecified atom stereocenters. The molecule has 0 fully saturated rings. The van der Waals surface area contributed by atoms with Crippen LogP contribution in [-0.2, 0) is 11.3 Å². The zero-order chi connectivity index (χ0) is 15.4. The number of halogens is 2. The third kappa shape index (κ3) is 3.66. The van der Waals surface area contributed by atoms with Gasteiger partial charge < -0.3 is 14.6 Å². The molecule has 114 valence electrons. The second-order valence-corrected chi connectivity index (χ2v) is 6.09. The Labute approximate surface area is 140 Å². The van der Waals surface area contributed by atoms with E-state index in [-0.39, 0.29) is 0 Å². The minimum atomic E-state index is -0.830. The van der Waals surface area contributed by atoms with Crippen molar-refractivity contribution >= 4 is 31.9 Å². The van der Waals surface area contributed by atoms with Crippen LogP contribution in [0, 0.1) is 0 Å². The van der Waals surface area contributed by atoms with E-state index in [0.29, 0.717) is 30.2 Å². The van der Waals surface area contributed by atoms with Gasteiger partial charge in [-0.1, -0.05) is 15.9 Å². The van der Waals surface area contributed by atoms with E-state index in [2.05, 4.69) is 37.0 Å². The Morgan fingerprint density at radius 2 is 2.05 bits per heavy atom. The fourth-order valence-corrected chi connectivity index (χ4v) is 2.98. The third-order valence-electron chi connectivity index (χ3n) is 3.10. The molecule has 0 aliphatic carbocycles. The summed E-state index contributed by atoms with van der Waals surface area (Å²) in [5.74, 6) is 0.686. The lowest BCUT2D eigenvalue weighted by Crippen LogP contribution is -2.14. The van der Waals surface area contributed by atoms with E-state index in [0.717, 1.165) is 8.95 Å². The molecule has 1 N–H and O–H groups in total. The lowest BCUT2D eigenvalue weighted by Gasteiger charge is -2.16. The SMILES string of the molecule is COCCn1ncc(Br)c1C(O)c1cc(OC)ccc1Br.